The fourth-order valence-electron chi connectivity index (χ4n) is 2.50. The minimum absolute atomic E-state index is 0.136. The maximum Gasteiger partial charge on any atom is 0.308 e. The molecule has 1 aromatic carbocycles. The minimum atomic E-state index is -1.000. The van der Waals surface area contributed by atoms with E-state index in [1.807, 2.05) is 6.07 Å². The fourth-order valence-corrected chi connectivity index (χ4v) is 2.50. The second kappa shape index (κ2) is 7.12. The molecule has 0 radical (unpaired) electrons. The van der Waals surface area contributed by atoms with Crippen LogP contribution in [0.4, 0.5) is 0 Å². The normalized spacial score (nSPS) is 13.1. The van der Waals surface area contributed by atoms with E-state index in [1.54, 1.807) is 49.0 Å². The molecule has 1 aromatic heterocycles. The molecule has 2 aromatic rings. The van der Waals surface area contributed by atoms with Crippen LogP contribution in [-0.4, -0.2) is 27.3 Å². The SMILES string of the molecule is CC(=O)c1cc(C(=O)NC(c2ccccc2)C(C)C(=O)O)n(C)c1. The van der Waals surface area contributed by atoms with Crippen molar-refractivity contribution in [3.8, 4) is 0 Å². The first-order chi connectivity index (χ1) is 11.3. The fraction of sp³-hybridized carbons (Fsp3) is 0.278. The lowest BCUT2D eigenvalue weighted by Crippen LogP contribution is -2.36. The maximum absolute atomic E-state index is 12.6. The highest BCUT2D eigenvalue weighted by Gasteiger charge is 2.28. The lowest BCUT2D eigenvalue weighted by atomic mass is 9.94. The number of carboxylic acid groups (broad SMARTS) is 1. The van der Waals surface area contributed by atoms with Crippen LogP contribution in [0, 0.1) is 5.92 Å². The first kappa shape index (κ1) is 17.5. The Morgan fingerprint density at radius 1 is 1.17 bits per heavy atom. The van der Waals surface area contributed by atoms with E-state index in [4.69, 9.17) is 0 Å². The van der Waals surface area contributed by atoms with E-state index < -0.39 is 23.8 Å². The van der Waals surface area contributed by atoms with Crippen LogP contribution in [-0.2, 0) is 11.8 Å². The molecule has 6 nitrogen and oxygen atoms in total. The summed E-state index contributed by atoms with van der Waals surface area (Å²) in [4.78, 5) is 35.4. The number of Topliss-reactive ketones (excluding diaryl/α,β-unsaturated/α-hetero) is 1. The number of carbonyl (C=O) groups is 3. The zero-order valence-corrected chi connectivity index (χ0v) is 13.8. The Kier molecular flexibility index (Phi) is 5.18. The number of benzene rings is 1. The Bertz CT molecular complexity index is 765. The molecule has 2 atom stereocenters. The van der Waals surface area contributed by atoms with Crippen LogP contribution in [0.15, 0.2) is 42.6 Å². The second-order valence-electron chi connectivity index (χ2n) is 5.77. The third-order valence-electron chi connectivity index (χ3n) is 3.98. The summed E-state index contributed by atoms with van der Waals surface area (Å²) in [6.07, 6.45) is 1.58. The molecule has 24 heavy (non-hydrogen) atoms. The summed E-state index contributed by atoms with van der Waals surface area (Å²) in [6.45, 7) is 2.97. The van der Waals surface area contributed by atoms with E-state index in [9.17, 15) is 19.5 Å². The summed E-state index contributed by atoms with van der Waals surface area (Å²) >= 11 is 0. The van der Waals surface area contributed by atoms with Crippen LogP contribution < -0.4 is 5.32 Å². The van der Waals surface area contributed by atoms with Gasteiger partial charge in [0.05, 0.1) is 12.0 Å². The summed E-state index contributed by atoms with van der Waals surface area (Å²) in [7, 11) is 1.67. The van der Waals surface area contributed by atoms with Crippen LogP contribution in [0.25, 0.3) is 0 Å². The van der Waals surface area contributed by atoms with Gasteiger partial charge >= 0.3 is 5.97 Å². The molecule has 2 unspecified atom stereocenters. The predicted molar refractivity (Wildman–Crippen MR) is 88.9 cm³/mol. The molecule has 0 fully saturated rings. The molecule has 0 aliphatic carbocycles. The van der Waals surface area contributed by atoms with E-state index in [-0.39, 0.29) is 5.78 Å². The molecule has 6 heteroatoms. The Hall–Kier alpha value is -2.89. The molecular weight excluding hydrogens is 308 g/mol. The van der Waals surface area contributed by atoms with Gasteiger partial charge in [-0.05, 0) is 25.5 Å². The van der Waals surface area contributed by atoms with E-state index in [1.165, 1.54) is 13.0 Å². The average Bonchev–Trinajstić information content (AvgIpc) is 2.94. The van der Waals surface area contributed by atoms with E-state index >= 15 is 0 Å². The second-order valence-corrected chi connectivity index (χ2v) is 5.77. The number of ketones is 1. The highest BCUT2D eigenvalue weighted by molar-refractivity contribution is 5.99. The van der Waals surface area contributed by atoms with Gasteiger partial charge in [0, 0.05) is 18.8 Å². The molecule has 0 bridgehead atoms. The van der Waals surface area contributed by atoms with Crippen LogP contribution in [0.5, 0.6) is 0 Å². The van der Waals surface area contributed by atoms with Crippen molar-refractivity contribution in [3.63, 3.8) is 0 Å². The number of nitrogens with one attached hydrogen (secondary N) is 1. The molecule has 0 aliphatic heterocycles. The number of carboxylic acids is 1. The molecule has 0 saturated heterocycles. The van der Waals surface area contributed by atoms with Crippen molar-refractivity contribution in [2.45, 2.75) is 19.9 Å². The van der Waals surface area contributed by atoms with Gasteiger partial charge < -0.3 is 15.0 Å². The van der Waals surface area contributed by atoms with Gasteiger partial charge in [0.2, 0.25) is 0 Å². The molecule has 0 spiro atoms. The molecule has 2 rings (SSSR count). The van der Waals surface area contributed by atoms with Crippen molar-refractivity contribution in [2.24, 2.45) is 13.0 Å². The van der Waals surface area contributed by atoms with Gasteiger partial charge in [-0.3, -0.25) is 14.4 Å². The van der Waals surface area contributed by atoms with E-state index in [2.05, 4.69) is 5.32 Å². The monoisotopic (exact) mass is 328 g/mol. The first-order valence-corrected chi connectivity index (χ1v) is 7.57. The zero-order chi connectivity index (χ0) is 17.9. The topological polar surface area (TPSA) is 88.4 Å². The summed E-state index contributed by atoms with van der Waals surface area (Å²) in [5.41, 5.74) is 1.45. The van der Waals surface area contributed by atoms with Crippen molar-refractivity contribution in [2.75, 3.05) is 0 Å². The van der Waals surface area contributed by atoms with Gasteiger partial charge in [0.1, 0.15) is 5.69 Å². The molecule has 1 heterocycles. The molecule has 0 saturated carbocycles. The third-order valence-corrected chi connectivity index (χ3v) is 3.98. The lowest BCUT2D eigenvalue weighted by Gasteiger charge is -2.23. The Morgan fingerprint density at radius 2 is 1.79 bits per heavy atom. The predicted octanol–water partition coefficient (Wildman–Crippen LogP) is 2.42. The summed E-state index contributed by atoms with van der Waals surface area (Å²) < 4.78 is 1.56. The van der Waals surface area contributed by atoms with E-state index in [0.717, 1.165) is 0 Å². The molecule has 0 aliphatic rings. The van der Waals surface area contributed by atoms with E-state index in [0.29, 0.717) is 16.8 Å². The number of nitrogens with zero attached hydrogens (tertiary/aromatic N) is 1. The molecule has 1 amide bonds. The maximum atomic E-state index is 12.6. The number of hydrogen-bond acceptors (Lipinski definition) is 3. The summed E-state index contributed by atoms with van der Waals surface area (Å²) in [5, 5.41) is 12.1. The largest absolute Gasteiger partial charge is 0.481 e. The third kappa shape index (κ3) is 3.71. The van der Waals surface area contributed by atoms with Crippen molar-refractivity contribution in [3.05, 3.63) is 59.4 Å². The number of hydrogen-bond donors (Lipinski definition) is 2. The summed E-state index contributed by atoms with van der Waals surface area (Å²) in [6, 6.07) is 9.79. The zero-order valence-electron chi connectivity index (χ0n) is 13.8. The van der Waals surface area contributed by atoms with Gasteiger partial charge in [0.25, 0.3) is 5.91 Å². The highest BCUT2D eigenvalue weighted by atomic mass is 16.4. The highest BCUT2D eigenvalue weighted by Crippen LogP contribution is 2.23. The van der Waals surface area contributed by atoms with Gasteiger partial charge in [0.15, 0.2) is 5.78 Å². The number of amides is 1. The first-order valence-electron chi connectivity index (χ1n) is 7.57. The number of carbonyl (C=O) groups excluding carboxylic acids is 2. The number of aromatic nitrogens is 1. The van der Waals surface area contributed by atoms with Crippen molar-refractivity contribution >= 4 is 17.7 Å². The summed E-state index contributed by atoms with van der Waals surface area (Å²) in [5.74, 6) is -2.36. The molecule has 2 N–H and O–H groups in total. The van der Waals surface area contributed by atoms with Crippen LogP contribution in [0.2, 0.25) is 0 Å². The minimum Gasteiger partial charge on any atom is -0.481 e. The van der Waals surface area contributed by atoms with Gasteiger partial charge in [-0.25, -0.2) is 0 Å². The Labute approximate surface area is 140 Å². The average molecular weight is 328 g/mol. The Balaban J connectivity index is 2.31. The van der Waals surface area contributed by atoms with Gasteiger partial charge in [-0.2, -0.15) is 0 Å². The number of aliphatic carboxylic acids is 1. The van der Waals surface area contributed by atoms with Crippen molar-refractivity contribution in [1.82, 2.24) is 9.88 Å². The lowest BCUT2D eigenvalue weighted by molar-refractivity contribution is -0.142. The van der Waals surface area contributed by atoms with Crippen LogP contribution in [0.1, 0.15) is 46.3 Å². The van der Waals surface area contributed by atoms with Crippen molar-refractivity contribution in [1.29, 1.82) is 0 Å². The van der Waals surface area contributed by atoms with Crippen LogP contribution in [0.3, 0.4) is 0 Å². The standard InChI is InChI=1S/C18H20N2O4/c1-11(18(23)24)16(13-7-5-4-6-8-13)19-17(22)15-9-14(12(2)21)10-20(15)3/h4-11,16H,1-3H3,(H,19,22)(H,23,24). The smallest absolute Gasteiger partial charge is 0.308 e. The van der Waals surface area contributed by atoms with Crippen molar-refractivity contribution < 1.29 is 19.5 Å². The number of rotatable bonds is 6. The Morgan fingerprint density at radius 3 is 2.29 bits per heavy atom. The van der Waals surface area contributed by atoms with Crippen LogP contribution >= 0.6 is 0 Å². The quantitative estimate of drug-likeness (QED) is 0.797. The van der Waals surface area contributed by atoms with Gasteiger partial charge in [-0.1, -0.05) is 30.3 Å². The molecule has 126 valence electrons. The van der Waals surface area contributed by atoms with Gasteiger partial charge in [-0.15, -0.1) is 0 Å². The molecular formula is C18H20N2O4. The number of aryl methyl sites for hydroxylation is 1.